The number of benzene rings is 1. The Morgan fingerprint density at radius 3 is 1.83 bits per heavy atom. The van der Waals surface area contributed by atoms with Gasteiger partial charge in [0.1, 0.15) is 0 Å². The van der Waals surface area contributed by atoms with E-state index in [1.54, 1.807) is 5.56 Å². The van der Waals surface area contributed by atoms with Crippen molar-refractivity contribution < 1.29 is 4.39 Å². The predicted molar refractivity (Wildman–Crippen MR) is 124 cm³/mol. The highest BCUT2D eigenvalue weighted by molar-refractivity contribution is 5.24. The molecule has 0 saturated heterocycles. The van der Waals surface area contributed by atoms with Gasteiger partial charge in [-0.05, 0) is 81.1 Å². The minimum absolute atomic E-state index is 0.214. The first-order chi connectivity index (χ1) is 14.2. The van der Waals surface area contributed by atoms with Crippen LogP contribution in [0.25, 0.3) is 0 Å². The Morgan fingerprint density at radius 1 is 0.724 bits per heavy atom. The third-order valence-corrected chi connectivity index (χ3v) is 7.77. The molecule has 162 valence electrons. The molecular formula is C28H43F. The van der Waals surface area contributed by atoms with Gasteiger partial charge in [0.25, 0.3) is 0 Å². The number of halogens is 1. The SMILES string of the molecule is Cc1ccc(C2CCC(CC[C@H]3CC[C@H](CCC/C=C/CCF)CC3)CC2)cc1. The van der Waals surface area contributed by atoms with Crippen molar-refractivity contribution in [3.05, 3.63) is 47.5 Å². The molecule has 0 aliphatic heterocycles. The van der Waals surface area contributed by atoms with E-state index in [0.717, 1.165) is 30.1 Å². The summed E-state index contributed by atoms with van der Waals surface area (Å²) in [6.07, 6.45) is 23.1. The third kappa shape index (κ3) is 7.91. The van der Waals surface area contributed by atoms with Crippen molar-refractivity contribution >= 4 is 0 Å². The molecule has 0 heterocycles. The van der Waals surface area contributed by atoms with Gasteiger partial charge in [0, 0.05) is 0 Å². The molecular weight excluding hydrogens is 355 g/mol. The van der Waals surface area contributed by atoms with Crippen molar-refractivity contribution in [2.75, 3.05) is 6.67 Å². The van der Waals surface area contributed by atoms with Gasteiger partial charge in [-0.15, -0.1) is 0 Å². The monoisotopic (exact) mass is 398 g/mol. The fourth-order valence-corrected chi connectivity index (χ4v) is 5.73. The lowest BCUT2D eigenvalue weighted by atomic mass is 9.74. The van der Waals surface area contributed by atoms with E-state index in [2.05, 4.69) is 37.3 Å². The quantitative estimate of drug-likeness (QED) is 0.272. The molecule has 2 saturated carbocycles. The topological polar surface area (TPSA) is 0 Å². The maximum Gasteiger partial charge on any atom is 0.0928 e. The minimum Gasteiger partial charge on any atom is -0.251 e. The van der Waals surface area contributed by atoms with Gasteiger partial charge in [-0.25, -0.2) is 0 Å². The smallest absolute Gasteiger partial charge is 0.0928 e. The molecule has 0 unspecified atom stereocenters. The second-order valence-electron chi connectivity index (χ2n) is 9.97. The highest BCUT2D eigenvalue weighted by Crippen LogP contribution is 2.40. The zero-order valence-electron chi connectivity index (χ0n) is 18.8. The molecule has 0 nitrogen and oxygen atoms in total. The van der Waals surface area contributed by atoms with Crippen molar-refractivity contribution in [2.24, 2.45) is 17.8 Å². The van der Waals surface area contributed by atoms with Crippen LogP contribution in [0.4, 0.5) is 4.39 Å². The highest BCUT2D eigenvalue weighted by Gasteiger charge is 2.25. The lowest BCUT2D eigenvalue weighted by molar-refractivity contribution is 0.223. The maximum absolute atomic E-state index is 12.1. The van der Waals surface area contributed by atoms with Crippen molar-refractivity contribution in [1.82, 2.24) is 0 Å². The fourth-order valence-electron chi connectivity index (χ4n) is 5.73. The molecule has 0 N–H and O–H groups in total. The molecule has 0 amide bonds. The largest absolute Gasteiger partial charge is 0.251 e. The van der Waals surface area contributed by atoms with Gasteiger partial charge in [-0.3, -0.25) is 4.39 Å². The van der Waals surface area contributed by atoms with E-state index in [9.17, 15) is 4.39 Å². The molecule has 0 spiro atoms. The molecule has 29 heavy (non-hydrogen) atoms. The summed E-state index contributed by atoms with van der Waals surface area (Å²) in [7, 11) is 0. The average molecular weight is 399 g/mol. The summed E-state index contributed by atoms with van der Waals surface area (Å²) in [5, 5.41) is 0. The predicted octanol–water partition coefficient (Wildman–Crippen LogP) is 8.94. The molecule has 1 heteroatoms. The van der Waals surface area contributed by atoms with Crippen LogP contribution in [0.1, 0.15) is 107 Å². The summed E-state index contributed by atoms with van der Waals surface area (Å²) >= 11 is 0. The van der Waals surface area contributed by atoms with Gasteiger partial charge < -0.3 is 0 Å². The van der Waals surface area contributed by atoms with Gasteiger partial charge >= 0.3 is 0 Å². The zero-order valence-corrected chi connectivity index (χ0v) is 18.8. The molecule has 1 aromatic rings. The number of unbranched alkanes of at least 4 members (excludes halogenated alkanes) is 1. The molecule has 3 rings (SSSR count). The second kappa shape index (κ2) is 12.6. The molecule has 2 aliphatic rings. The van der Waals surface area contributed by atoms with Crippen LogP contribution in [0.2, 0.25) is 0 Å². The number of hydrogen-bond acceptors (Lipinski definition) is 0. The Morgan fingerprint density at radius 2 is 1.24 bits per heavy atom. The number of aryl methyl sites for hydroxylation is 1. The van der Waals surface area contributed by atoms with E-state index in [4.69, 9.17) is 0 Å². The lowest BCUT2D eigenvalue weighted by Crippen LogP contribution is -2.17. The molecule has 0 aromatic heterocycles. The van der Waals surface area contributed by atoms with Gasteiger partial charge in [0.2, 0.25) is 0 Å². The van der Waals surface area contributed by atoms with Crippen LogP contribution in [0.5, 0.6) is 0 Å². The Kier molecular flexibility index (Phi) is 9.77. The summed E-state index contributed by atoms with van der Waals surface area (Å²) in [5.74, 6) is 3.77. The maximum atomic E-state index is 12.1. The third-order valence-electron chi connectivity index (χ3n) is 7.77. The van der Waals surface area contributed by atoms with Gasteiger partial charge in [-0.2, -0.15) is 0 Å². The van der Waals surface area contributed by atoms with Crippen LogP contribution >= 0.6 is 0 Å². The van der Waals surface area contributed by atoms with E-state index in [-0.39, 0.29) is 6.67 Å². The Hall–Kier alpha value is -1.11. The Labute approximate surface area is 179 Å². The first-order valence-corrected chi connectivity index (χ1v) is 12.5. The number of hydrogen-bond donors (Lipinski definition) is 0. The van der Waals surface area contributed by atoms with Crippen LogP contribution in [0.15, 0.2) is 36.4 Å². The van der Waals surface area contributed by atoms with Crippen LogP contribution < -0.4 is 0 Å². The number of alkyl halides is 1. The zero-order chi connectivity index (χ0) is 20.3. The lowest BCUT2D eigenvalue weighted by Gasteiger charge is -2.32. The molecule has 1 aromatic carbocycles. The van der Waals surface area contributed by atoms with Crippen molar-refractivity contribution in [2.45, 2.75) is 103 Å². The minimum atomic E-state index is -0.214. The molecule has 2 aliphatic carbocycles. The van der Waals surface area contributed by atoms with Crippen molar-refractivity contribution in [3.8, 4) is 0 Å². The van der Waals surface area contributed by atoms with Gasteiger partial charge in [0.05, 0.1) is 6.67 Å². The average Bonchev–Trinajstić information content (AvgIpc) is 2.76. The van der Waals surface area contributed by atoms with Crippen molar-refractivity contribution in [1.29, 1.82) is 0 Å². The van der Waals surface area contributed by atoms with E-state index >= 15 is 0 Å². The summed E-state index contributed by atoms with van der Waals surface area (Å²) in [6, 6.07) is 9.28. The summed E-state index contributed by atoms with van der Waals surface area (Å²) in [5.41, 5.74) is 2.95. The molecule has 0 bridgehead atoms. The highest BCUT2D eigenvalue weighted by atomic mass is 19.1. The fraction of sp³-hybridized carbons (Fsp3) is 0.714. The van der Waals surface area contributed by atoms with Crippen molar-refractivity contribution in [3.63, 3.8) is 0 Å². The van der Waals surface area contributed by atoms with E-state index in [1.807, 2.05) is 6.08 Å². The molecule has 0 radical (unpaired) electrons. The van der Waals surface area contributed by atoms with E-state index in [0.29, 0.717) is 6.42 Å². The molecule has 0 atom stereocenters. The Balaban J connectivity index is 1.25. The van der Waals surface area contributed by atoms with Gasteiger partial charge in [-0.1, -0.05) is 86.9 Å². The summed E-state index contributed by atoms with van der Waals surface area (Å²) in [4.78, 5) is 0. The number of allylic oxidation sites excluding steroid dienone is 2. The Bertz CT molecular complexity index is 571. The molecule has 2 fully saturated rings. The van der Waals surface area contributed by atoms with E-state index < -0.39 is 0 Å². The summed E-state index contributed by atoms with van der Waals surface area (Å²) in [6.45, 7) is 1.97. The van der Waals surface area contributed by atoms with Crippen LogP contribution in [-0.4, -0.2) is 6.67 Å². The first kappa shape index (κ1) is 22.6. The van der Waals surface area contributed by atoms with Crippen LogP contribution in [0, 0.1) is 24.7 Å². The summed E-state index contributed by atoms with van der Waals surface area (Å²) < 4.78 is 12.1. The van der Waals surface area contributed by atoms with E-state index in [1.165, 1.54) is 82.6 Å². The first-order valence-electron chi connectivity index (χ1n) is 12.5. The second-order valence-corrected chi connectivity index (χ2v) is 9.97. The number of rotatable bonds is 10. The standard InChI is InChI=1S/C28H43F/c1-23-8-18-27(19-9-23)28-20-16-26(17-21-28)15-14-25-12-10-24(11-13-25)7-5-3-2-4-6-22-29/h2,4,8-9,18-19,24-26,28H,3,5-7,10-17,20-22H2,1H3/b4-2+/t24-,25-,26?,28?. The van der Waals surface area contributed by atoms with Gasteiger partial charge in [0.15, 0.2) is 0 Å². The van der Waals surface area contributed by atoms with Crippen LogP contribution in [0.3, 0.4) is 0 Å². The van der Waals surface area contributed by atoms with Crippen LogP contribution in [-0.2, 0) is 0 Å². The normalized spacial score (nSPS) is 28.1.